The average molecular weight is 437 g/mol. The van der Waals surface area contributed by atoms with E-state index in [9.17, 15) is 25.2 Å². The van der Waals surface area contributed by atoms with Crippen LogP contribution in [0.15, 0.2) is 23.3 Å². The molecule has 2 aliphatic carbocycles. The maximum atomic E-state index is 11.4. The first-order valence-corrected chi connectivity index (χ1v) is 11.6. The zero-order valence-corrected chi connectivity index (χ0v) is 19.6. The van der Waals surface area contributed by atoms with Gasteiger partial charge in [0.2, 0.25) is 0 Å². The fourth-order valence-corrected chi connectivity index (χ4v) is 6.96. The number of hydrogen-bond donors (Lipinski definition) is 4. The van der Waals surface area contributed by atoms with Crippen molar-refractivity contribution in [2.75, 3.05) is 6.61 Å². The molecule has 176 valence electrons. The van der Waals surface area contributed by atoms with Crippen LogP contribution >= 0.6 is 0 Å². The van der Waals surface area contributed by atoms with Crippen LogP contribution in [0.4, 0.5) is 0 Å². The lowest BCUT2D eigenvalue weighted by Gasteiger charge is -2.64. The molecule has 0 saturated heterocycles. The van der Waals surface area contributed by atoms with Crippen molar-refractivity contribution in [3.63, 3.8) is 0 Å². The first kappa shape index (κ1) is 24.4. The van der Waals surface area contributed by atoms with E-state index in [1.165, 1.54) is 11.6 Å². The smallest absolute Gasteiger partial charge is 0.331 e. The van der Waals surface area contributed by atoms with Crippen molar-refractivity contribution >= 4 is 5.97 Å². The van der Waals surface area contributed by atoms with Crippen molar-refractivity contribution in [1.82, 2.24) is 0 Å². The van der Waals surface area contributed by atoms with Gasteiger partial charge in [0.15, 0.2) is 0 Å². The van der Waals surface area contributed by atoms with Crippen LogP contribution in [0, 0.1) is 22.7 Å². The summed E-state index contributed by atoms with van der Waals surface area (Å²) in [5.74, 6) is -0.634. The maximum Gasteiger partial charge on any atom is 0.331 e. The van der Waals surface area contributed by atoms with E-state index in [2.05, 4.69) is 19.9 Å². The lowest BCUT2D eigenvalue weighted by Crippen LogP contribution is -2.66. The molecule has 2 saturated carbocycles. The summed E-state index contributed by atoms with van der Waals surface area (Å²) in [7, 11) is 0. The van der Waals surface area contributed by atoms with E-state index < -0.39 is 28.6 Å². The van der Waals surface area contributed by atoms with Gasteiger partial charge in [-0.05, 0) is 63.4 Å². The second kappa shape index (κ2) is 8.62. The number of carbonyl (C=O) groups is 1. The van der Waals surface area contributed by atoms with Gasteiger partial charge >= 0.3 is 5.97 Å². The molecule has 2 fully saturated rings. The molecular weight excluding hydrogens is 396 g/mol. The molecule has 1 heterocycles. The normalized spacial score (nSPS) is 45.8. The molecule has 3 aliphatic rings. The second-order valence-corrected chi connectivity index (χ2v) is 11.0. The molecule has 0 aromatic rings. The van der Waals surface area contributed by atoms with Gasteiger partial charge in [0, 0.05) is 30.3 Å². The van der Waals surface area contributed by atoms with Crippen molar-refractivity contribution in [2.45, 2.75) is 97.1 Å². The van der Waals surface area contributed by atoms with Crippen molar-refractivity contribution in [2.24, 2.45) is 22.7 Å². The Morgan fingerprint density at radius 3 is 2.55 bits per heavy atom. The summed E-state index contributed by atoms with van der Waals surface area (Å²) in [6.45, 7) is 9.57. The third-order valence-electron chi connectivity index (χ3n) is 8.65. The van der Waals surface area contributed by atoms with Crippen molar-refractivity contribution in [3.05, 3.63) is 23.3 Å². The summed E-state index contributed by atoms with van der Waals surface area (Å²) in [5.41, 5.74) is -0.0822. The highest BCUT2D eigenvalue weighted by molar-refractivity contribution is 5.85. The van der Waals surface area contributed by atoms with Crippen molar-refractivity contribution in [3.8, 4) is 0 Å². The SMILES string of the molecule is CC1=CC(=O)OC1C/C=C(\C)CC[C@@H]1[C@@]2(C)CC[C@@H](O)[C@](C)(CO)C2[C@@H](O)C[C@@]1(C)O. The van der Waals surface area contributed by atoms with Crippen molar-refractivity contribution in [1.29, 1.82) is 0 Å². The molecule has 31 heavy (non-hydrogen) atoms. The van der Waals surface area contributed by atoms with Crippen LogP contribution in [0.1, 0.15) is 73.1 Å². The van der Waals surface area contributed by atoms with Gasteiger partial charge in [-0.3, -0.25) is 0 Å². The highest BCUT2D eigenvalue weighted by Crippen LogP contribution is 2.63. The molecule has 3 rings (SSSR count). The summed E-state index contributed by atoms with van der Waals surface area (Å²) in [5, 5.41) is 43.1. The van der Waals surface area contributed by atoms with Gasteiger partial charge in [-0.25, -0.2) is 4.79 Å². The number of fused-ring (bicyclic) bond motifs is 1. The van der Waals surface area contributed by atoms with E-state index in [0.717, 1.165) is 18.4 Å². The second-order valence-electron chi connectivity index (χ2n) is 11.0. The van der Waals surface area contributed by atoms with Crippen LogP contribution in [0.2, 0.25) is 0 Å². The minimum absolute atomic E-state index is 0.0685. The molecule has 4 N–H and O–H groups in total. The van der Waals surface area contributed by atoms with E-state index in [1.807, 2.05) is 20.8 Å². The Balaban J connectivity index is 1.76. The number of aliphatic hydroxyl groups excluding tert-OH is 3. The summed E-state index contributed by atoms with van der Waals surface area (Å²) < 4.78 is 5.30. The minimum atomic E-state index is -1.02. The van der Waals surface area contributed by atoms with E-state index in [-0.39, 0.29) is 36.9 Å². The molecule has 1 aliphatic heterocycles. The number of aliphatic hydroxyl groups is 4. The molecule has 0 radical (unpaired) electrons. The highest BCUT2D eigenvalue weighted by Gasteiger charge is 2.64. The van der Waals surface area contributed by atoms with Gasteiger partial charge < -0.3 is 25.2 Å². The Hall–Kier alpha value is -1.21. The van der Waals surface area contributed by atoms with Gasteiger partial charge in [-0.1, -0.05) is 25.5 Å². The zero-order valence-electron chi connectivity index (χ0n) is 19.6. The number of cyclic esters (lactones) is 1. The molecular formula is C25H40O6. The molecule has 0 aromatic carbocycles. The molecule has 0 aromatic heterocycles. The Bertz CT molecular complexity index is 755. The average Bonchev–Trinajstić information content (AvgIpc) is 2.99. The van der Waals surface area contributed by atoms with Crippen molar-refractivity contribution < 1.29 is 30.0 Å². The van der Waals surface area contributed by atoms with Crippen LogP contribution in [-0.4, -0.2) is 56.9 Å². The molecule has 8 atom stereocenters. The predicted molar refractivity (Wildman–Crippen MR) is 118 cm³/mol. The van der Waals surface area contributed by atoms with Crippen LogP contribution < -0.4 is 0 Å². The number of carbonyl (C=O) groups excluding carboxylic acids is 1. The van der Waals surface area contributed by atoms with Gasteiger partial charge in [0.1, 0.15) is 6.10 Å². The van der Waals surface area contributed by atoms with Crippen LogP contribution in [0.25, 0.3) is 0 Å². The van der Waals surface area contributed by atoms with E-state index in [0.29, 0.717) is 19.3 Å². The number of rotatable bonds is 6. The first-order chi connectivity index (χ1) is 14.3. The third kappa shape index (κ3) is 4.37. The fraction of sp³-hybridized carbons (Fsp3) is 0.800. The first-order valence-electron chi connectivity index (χ1n) is 11.6. The molecule has 0 amide bonds. The van der Waals surface area contributed by atoms with Gasteiger partial charge in [0.25, 0.3) is 0 Å². The Morgan fingerprint density at radius 2 is 1.97 bits per heavy atom. The largest absolute Gasteiger partial charge is 0.454 e. The quantitative estimate of drug-likeness (QED) is 0.377. The topological polar surface area (TPSA) is 107 Å². The molecule has 2 unspecified atom stereocenters. The van der Waals surface area contributed by atoms with Gasteiger partial charge in [-0.2, -0.15) is 0 Å². The van der Waals surface area contributed by atoms with Gasteiger partial charge in [-0.15, -0.1) is 0 Å². The standard InChI is InChI=1S/C25H40O6/c1-15(6-8-18-16(2)12-21(29)31-18)7-9-19-23(3)11-10-20(28)24(4,14-26)22(23)17(27)13-25(19,5)30/h6,12,17-20,22,26-28,30H,7-11,13-14H2,1-5H3/b15-6+/t17-,18?,19+,20+,22?,23+,24-,25+/m0/s1. The number of ether oxygens (including phenoxy) is 1. The van der Waals surface area contributed by atoms with E-state index in [4.69, 9.17) is 4.74 Å². The third-order valence-corrected chi connectivity index (χ3v) is 8.65. The molecule has 0 spiro atoms. The summed E-state index contributed by atoms with van der Waals surface area (Å²) in [4.78, 5) is 11.4. The number of allylic oxidation sites excluding steroid dienone is 1. The Labute approximate surface area is 186 Å². The maximum absolute atomic E-state index is 11.4. The molecule has 0 bridgehead atoms. The summed E-state index contributed by atoms with van der Waals surface area (Å²) in [6.07, 6.45) is 5.71. The Kier molecular flexibility index (Phi) is 6.79. The monoisotopic (exact) mass is 436 g/mol. The zero-order chi connectivity index (χ0) is 23.2. The van der Waals surface area contributed by atoms with E-state index in [1.54, 1.807) is 0 Å². The number of hydrogen-bond acceptors (Lipinski definition) is 6. The van der Waals surface area contributed by atoms with E-state index >= 15 is 0 Å². The van der Waals surface area contributed by atoms with Gasteiger partial charge in [0.05, 0.1) is 24.4 Å². The van der Waals surface area contributed by atoms with Crippen LogP contribution in [-0.2, 0) is 9.53 Å². The van der Waals surface area contributed by atoms with Crippen LogP contribution in [0.5, 0.6) is 0 Å². The lowest BCUT2D eigenvalue weighted by molar-refractivity contribution is -0.246. The summed E-state index contributed by atoms with van der Waals surface area (Å²) in [6, 6.07) is 0. The fourth-order valence-electron chi connectivity index (χ4n) is 6.96. The summed E-state index contributed by atoms with van der Waals surface area (Å²) >= 11 is 0. The Morgan fingerprint density at radius 1 is 1.29 bits per heavy atom. The minimum Gasteiger partial charge on any atom is -0.454 e. The van der Waals surface area contributed by atoms with Crippen LogP contribution in [0.3, 0.4) is 0 Å². The molecule has 6 heteroatoms. The molecule has 6 nitrogen and oxygen atoms in total. The number of esters is 1. The highest BCUT2D eigenvalue weighted by atomic mass is 16.5. The lowest BCUT2D eigenvalue weighted by atomic mass is 9.43. The predicted octanol–water partition coefficient (Wildman–Crippen LogP) is 2.88.